The zero-order chi connectivity index (χ0) is 38.9. The first kappa shape index (κ1) is 36.6. The van der Waals surface area contributed by atoms with Crippen molar-refractivity contribution in [2.45, 2.75) is 79.6 Å². The average Bonchev–Trinajstić information content (AvgIpc) is 3.15. The molecule has 0 spiro atoms. The molecule has 0 fully saturated rings. The van der Waals surface area contributed by atoms with Crippen LogP contribution in [0.3, 0.4) is 0 Å². The van der Waals surface area contributed by atoms with Crippen LogP contribution in [0.4, 0.5) is 0 Å². The van der Waals surface area contributed by atoms with Crippen molar-refractivity contribution in [2.24, 2.45) is 0 Å². The zero-order valence-electron chi connectivity index (χ0n) is 33.7. The molecule has 0 heterocycles. The SMILES string of the molecule is Cc1cccc2c1-c1cccc(c1Cc1cc(C(C)(C)C)cc(Cc3c4cccc3-c3c(C)cccc3Cc3cccc(C)c3-4)c1[Se]O)-c1c(C)cccc1C2. The molecule has 2 heteroatoms. The normalized spacial score (nSPS) is 12.7. The van der Waals surface area contributed by atoms with E-state index in [9.17, 15) is 4.19 Å². The molecule has 0 amide bonds. The molecule has 9 rings (SSSR count). The summed E-state index contributed by atoms with van der Waals surface area (Å²) in [6.45, 7) is 16.0. The van der Waals surface area contributed by atoms with E-state index in [2.05, 4.69) is 170 Å². The number of rotatable bonds is 5. The van der Waals surface area contributed by atoms with Crippen molar-refractivity contribution >= 4 is 19.7 Å². The molecule has 1 nitrogen and oxygen atoms in total. The Morgan fingerprint density at radius 1 is 0.464 bits per heavy atom. The van der Waals surface area contributed by atoms with Crippen LogP contribution >= 0.6 is 0 Å². The zero-order valence-corrected chi connectivity index (χ0v) is 35.4. The number of hydrogen-bond acceptors (Lipinski definition) is 1. The number of benzene rings is 7. The van der Waals surface area contributed by atoms with Crippen molar-refractivity contribution < 1.29 is 4.19 Å². The summed E-state index contributed by atoms with van der Waals surface area (Å²) in [6.07, 6.45) is 3.33. The van der Waals surface area contributed by atoms with E-state index in [4.69, 9.17) is 0 Å². The second-order valence-corrected chi connectivity index (χ2v) is 18.5. The van der Waals surface area contributed by atoms with E-state index in [0.29, 0.717) is 0 Å². The minimum atomic E-state index is -0.720. The van der Waals surface area contributed by atoms with Crippen LogP contribution in [0.2, 0.25) is 0 Å². The van der Waals surface area contributed by atoms with Gasteiger partial charge in [0.15, 0.2) is 0 Å². The minimum absolute atomic E-state index is 0.0786. The Labute approximate surface area is 340 Å². The summed E-state index contributed by atoms with van der Waals surface area (Å²) in [5, 5.41) is 0. The first-order valence-corrected chi connectivity index (χ1v) is 21.7. The van der Waals surface area contributed by atoms with Gasteiger partial charge in [-0.15, -0.1) is 0 Å². The Morgan fingerprint density at radius 3 is 1.05 bits per heavy atom. The molecule has 0 saturated heterocycles. The Kier molecular flexibility index (Phi) is 9.29. The van der Waals surface area contributed by atoms with Gasteiger partial charge in [0.05, 0.1) is 0 Å². The number of fused-ring (bicyclic) bond motifs is 12. The third kappa shape index (κ3) is 6.20. The van der Waals surface area contributed by atoms with Crippen LogP contribution in [0, 0.1) is 27.7 Å². The van der Waals surface area contributed by atoms with Gasteiger partial charge in [-0.05, 0) is 0 Å². The summed E-state index contributed by atoms with van der Waals surface area (Å²) in [6, 6.07) is 45.9. The first-order chi connectivity index (χ1) is 27.0. The van der Waals surface area contributed by atoms with E-state index in [0.717, 1.165) is 30.1 Å². The van der Waals surface area contributed by atoms with Crippen LogP contribution in [-0.2, 0) is 31.1 Å². The van der Waals surface area contributed by atoms with E-state index in [-0.39, 0.29) is 5.41 Å². The van der Waals surface area contributed by atoms with Gasteiger partial charge in [0, 0.05) is 0 Å². The Balaban J connectivity index is 1.29. The molecular formula is C54H50OSe. The molecule has 278 valence electrons. The summed E-state index contributed by atoms with van der Waals surface area (Å²) >= 11 is -0.720. The third-order valence-electron chi connectivity index (χ3n) is 12.6. The van der Waals surface area contributed by atoms with Crippen LogP contribution in [0.5, 0.6) is 0 Å². The van der Waals surface area contributed by atoms with Crippen molar-refractivity contribution in [1.82, 2.24) is 0 Å². The van der Waals surface area contributed by atoms with Crippen molar-refractivity contribution in [2.75, 3.05) is 0 Å². The van der Waals surface area contributed by atoms with Crippen LogP contribution in [0.25, 0.3) is 44.5 Å². The van der Waals surface area contributed by atoms with Gasteiger partial charge >= 0.3 is 342 Å². The molecule has 0 radical (unpaired) electrons. The summed E-state index contributed by atoms with van der Waals surface area (Å²) in [7, 11) is 0. The van der Waals surface area contributed by atoms with Crippen LogP contribution in [0.1, 0.15) is 93.1 Å². The topological polar surface area (TPSA) is 20.2 Å². The summed E-state index contributed by atoms with van der Waals surface area (Å²) in [4.78, 5) is 0. The standard InChI is InChI=1S/C54H50OSe/c1-32-14-8-18-36-26-37-19-9-15-33(2)50(37)44-23-12-22-43(49(32)36)47(44)30-40-28-42(54(5,6)7)29-41(53(40)56-55)31-48-45-24-13-25-46(48)52-35(4)17-11-21-39(52)27-38-20-10-16-34(3)51(38)45/h8-25,28-29,55H,26-27,30-31H2,1-7H3. The molecule has 56 heavy (non-hydrogen) atoms. The number of aryl methyl sites for hydroxylation is 4. The molecule has 0 atom stereocenters. The maximum atomic E-state index is 11.6. The van der Waals surface area contributed by atoms with E-state index in [1.54, 1.807) is 0 Å². The monoisotopic (exact) mass is 794 g/mol. The number of hydrogen-bond donors (Lipinski definition) is 1. The molecule has 0 unspecified atom stereocenters. The van der Waals surface area contributed by atoms with Gasteiger partial charge in [0.25, 0.3) is 0 Å². The van der Waals surface area contributed by atoms with Crippen molar-refractivity contribution in [3.63, 3.8) is 0 Å². The predicted molar refractivity (Wildman–Crippen MR) is 238 cm³/mol. The molecule has 7 aromatic rings. The molecular weight excluding hydrogens is 744 g/mol. The van der Waals surface area contributed by atoms with Gasteiger partial charge in [-0.3, -0.25) is 0 Å². The van der Waals surface area contributed by atoms with Crippen molar-refractivity contribution in [3.8, 4) is 44.5 Å². The van der Waals surface area contributed by atoms with Crippen molar-refractivity contribution in [1.29, 1.82) is 0 Å². The Morgan fingerprint density at radius 2 is 0.768 bits per heavy atom. The molecule has 2 aliphatic carbocycles. The van der Waals surface area contributed by atoms with E-state index >= 15 is 0 Å². The average molecular weight is 794 g/mol. The van der Waals surface area contributed by atoms with Gasteiger partial charge in [-0.2, -0.15) is 0 Å². The predicted octanol–water partition coefficient (Wildman–Crippen LogP) is 12.1. The van der Waals surface area contributed by atoms with Gasteiger partial charge < -0.3 is 0 Å². The quantitative estimate of drug-likeness (QED) is 0.172. The van der Waals surface area contributed by atoms with E-state index in [1.807, 2.05) is 0 Å². The Hall–Kier alpha value is -4.98. The van der Waals surface area contributed by atoms with E-state index in [1.165, 1.54) is 117 Å². The van der Waals surface area contributed by atoms with Gasteiger partial charge in [0.2, 0.25) is 0 Å². The van der Waals surface area contributed by atoms with Gasteiger partial charge in [-0.1, -0.05) is 0 Å². The van der Waals surface area contributed by atoms with Crippen LogP contribution in [0.15, 0.2) is 121 Å². The molecule has 0 aromatic heterocycles. The maximum absolute atomic E-state index is 11.6. The second-order valence-electron chi connectivity index (χ2n) is 17.3. The molecule has 4 bridgehead atoms. The summed E-state index contributed by atoms with van der Waals surface area (Å²) in [5.74, 6) is 0. The fourth-order valence-corrected chi connectivity index (χ4v) is 10.9. The van der Waals surface area contributed by atoms with Gasteiger partial charge in [0.1, 0.15) is 0 Å². The molecule has 2 aliphatic rings. The molecule has 7 aromatic carbocycles. The van der Waals surface area contributed by atoms with E-state index < -0.39 is 15.3 Å². The molecule has 0 aliphatic heterocycles. The molecule has 1 N–H and O–H groups in total. The van der Waals surface area contributed by atoms with Crippen LogP contribution in [-0.4, -0.2) is 19.5 Å². The first-order valence-electron chi connectivity index (χ1n) is 20.1. The van der Waals surface area contributed by atoms with Crippen LogP contribution < -0.4 is 4.46 Å². The third-order valence-corrected chi connectivity index (χ3v) is 14.0. The fraction of sp³-hybridized carbons (Fsp3) is 0.222. The summed E-state index contributed by atoms with van der Waals surface area (Å²) in [5.41, 5.74) is 27.9. The van der Waals surface area contributed by atoms with Crippen molar-refractivity contribution in [3.05, 3.63) is 194 Å². The Bertz CT molecular complexity index is 2390. The molecule has 0 saturated carbocycles. The second kappa shape index (κ2) is 14.2. The summed E-state index contributed by atoms with van der Waals surface area (Å²) < 4.78 is 12.8. The van der Waals surface area contributed by atoms with Gasteiger partial charge in [-0.25, -0.2) is 0 Å². The fourth-order valence-electron chi connectivity index (χ4n) is 9.89.